The number of carbonyl (C=O) groups excluding carboxylic acids is 1. The molecule has 2 rings (SSSR count). The SMILES string of the molecule is CSN1Cc2cc(C#N)ccc2C1=O. The Labute approximate surface area is 86.5 Å². The highest BCUT2D eigenvalue weighted by atomic mass is 32.2. The second kappa shape index (κ2) is 3.35. The van der Waals surface area contributed by atoms with Gasteiger partial charge < -0.3 is 0 Å². The number of fused-ring (bicyclic) bond motifs is 1. The fourth-order valence-electron chi connectivity index (χ4n) is 1.51. The van der Waals surface area contributed by atoms with Crippen LogP contribution in [0.5, 0.6) is 0 Å². The largest absolute Gasteiger partial charge is 0.278 e. The third kappa shape index (κ3) is 1.26. The van der Waals surface area contributed by atoms with Crippen LogP contribution in [-0.2, 0) is 6.54 Å². The van der Waals surface area contributed by atoms with Gasteiger partial charge in [-0.25, -0.2) is 0 Å². The van der Waals surface area contributed by atoms with Gasteiger partial charge in [-0.2, -0.15) is 5.26 Å². The first kappa shape index (κ1) is 9.10. The van der Waals surface area contributed by atoms with Crippen LogP contribution in [-0.4, -0.2) is 16.5 Å². The Kier molecular flexibility index (Phi) is 2.18. The van der Waals surface area contributed by atoms with E-state index in [1.807, 2.05) is 6.26 Å². The zero-order valence-electron chi connectivity index (χ0n) is 7.65. The quantitative estimate of drug-likeness (QED) is 0.655. The minimum Gasteiger partial charge on any atom is -0.278 e. The van der Waals surface area contributed by atoms with Crippen LogP contribution in [0, 0.1) is 11.3 Å². The summed E-state index contributed by atoms with van der Waals surface area (Å²) in [6.07, 6.45) is 1.87. The van der Waals surface area contributed by atoms with E-state index in [-0.39, 0.29) is 5.91 Å². The van der Waals surface area contributed by atoms with Gasteiger partial charge in [0.1, 0.15) is 0 Å². The standard InChI is InChI=1S/C10H8N2OS/c1-14-12-6-8-4-7(5-11)2-3-9(8)10(12)13/h2-4H,6H2,1H3. The molecule has 1 aromatic carbocycles. The van der Waals surface area contributed by atoms with E-state index in [0.29, 0.717) is 12.1 Å². The summed E-state index contributed by atoms with van der Waals surface area (Å²) in [5.74, 6) is 0.0389. The molecular formula is C10H8N2OS. The van der Waals surface area contributed by atoms with Crippen molar-refractivity contribution < 1.29 is 4.79 Å². The zero-order chi connectivity index (χ0) is 10.1. The van der Waals surface area contributed by atoms with Gasteiger partial charge in [0, 0.05) is 11.8 Å². The predicted molar refractivity (Wildman–Crippen MR) is 54.5 cm³/mol. The van der Waals surface area contributed by atoms with Crippen molar-refractivity contribution in [3.05, 3.63) is 34.9 Å². The molecule has 4 heteroatoms. The highest BCUT2D eigenvalue weighted by Gasteiger charge is 2.26. The van der Waals surface area contributed by atoms with Gasteiger partial charge >= 0.3 is 0 Å². The lowest BCUT2D eigenvalue weighted by Gasteiger charge is -2.08. The Morgan fingerprint density at radius 1 is 1.57 bits per heavy atom. The Morgan fingerprint density at radius 2 is 2.36 bits per heavy atom. The van der Waals surface area contributed by atoms with E-state index >= 15 is 0 Å². The lowest BCUT2D eigenvalue weighted by atomic mass is 10.1. The van der Waals surface area contributed by atoms with Gasteiger partial charge in [0.05, 0.1) is 18.2 Å². The number of nitriles is 1. The summed E-state index contributed by atoms with van der Waals surface area (Å²) in [6, 6.07) is 7.26. The summed E-state index contributed by atoms with van der Waals surface area (Å²) in [6.45, 7) is 0.602. The molecular weight excluding hydrogens is 196 g/mol. The van der Waals surface area contributed by atoms with Gasteiger partial charge in [0.15, 0.2) is 0 Å². The Hall–Kier alpha value is -1.47. The van der Waals surface area contributed by atoms with E-state index in [9.17, 15) is 4.79 Å². The van der Waals surface area contributed by atoms with Crippen molar-refractivity contribution in [2.24, 2.45) is 0 Å². The number of rotatable bonds is 1. The minimum atomic E-state index is 0.0389. The van der Waals surface area contributed by atoms with Gasteiger partial charge in [-0.3, -0.25) is 9.10 Å². The van der Waals surface area contributed by atoms with E-state index in [4.69, 9.17) is 5.26 Å². The third-order valence-corrected chi connectivity index (χ3v) is 2.96. The molecule has 0 fully saturated rings. The Bertz CT molecular complexity index is 436. The number of hydrogen-bond acceptors (Lipinski definition) is 3. The van der Waals surface area contributed by atoms with E-state index in [1.54, 1.807) is 22.5 Å². The molecule has 0 bridgehead atoms. The molecule has 1 aromatic rings. The van der Waals surface area contributed by atoms with Gasteiger partial charge in [0.25, 0.3) is 5.91 Å². The second-order valence-electron chi connectivity index (χ2n) is 3.01. The van der Waals surface area contributed by atoms with Crippen LogP contribution in [0.2, 0.25) is 0 Å². The number of carbonyl (C=O) groups is 1. The summed E-state index contributed by atoms with van der Waals surface area (Å²) >= 11 is 1.41. The number of amides is 1. The van der Waals surface area contributed by atoms with Gasteiger partial charge in [-0.05, 0) is 23.8 Å². The average Bonchev–Trinajstić information content (AvgIpc) is 2.55. The molecule has 0 saturated carbocycles. The van der Waals surface area contributed by atoms with Crippen molar-refractivity contribution in [2.75, 3.05) is 6.26 Å². The summed E-state index contributed by atoms with van der Waals surface area (Å²) in [5.41, 5.74) is 2.28. The molecule has 3 nitrogen and oxygen atoms in total. The predicted octanol–water partition coefficient (Wildman–Crippen LogP) is 1.79. The number of benzene rings is 1. The summed E-state index contributed by atoms with van der Waals surface area (Å²) in [4.78, 5) is 11.6. The molecule has 0 aromatic heterocycles. The molecule has 0 aliphatic carbocycles. The molecule has 0 spiro atoms. The van der Waals surface area contributed by atoms with E-state index < -0.39 is 0 Å². The first-order chi connectivity index (χ1) is 6.76. The monoisotopic (exact) mass is 204 g/mol. The molecule has 70 valence electrons. The maximum atomic E-state index is 11.6. The normalized spacial score (nSPS) is 14.0. The van der Waals surface area contributed by atoms with Crippen molar-refractivity contribution >= 4 is 17.9 Å². The maximum absolute atomic E-state index is 11.6. The van der Waals surface area contributed by atoms with Crippen LogP contribution >= 0.6 is 11.9 Å². The summed E-state index contributed by atoms with van der Waals surface area (Å²) < 4.78 is 1.69. The van der Waals surface area contributed by atoms with Crippen molar-refractivity contribution in [2.45, 2.75) is 6.54 Å². The molecule has 1 heterocycles. The highest BCUT2D eigenvalue weighted by Crippen LogP contribution is 2.27. The summed E-state index contributed by atoms with van der Waals surface area (Å²) in [7, 11) is 0. The minimum absolute atomic E-state index is 0.0389. The fourth-order valence-corrected chi connectivity index (χ4v) is 2.04. The molecule has 1 aliphatic rings. The van der Waals surface area contributed by atoms with Crippen LogP contribution < -0.4 is 0 Å². The lowest BCUT2D eigenvalue weighted by molar-refractivity contribution is 0.0890. The Balaban J connectivity index is 2.45. The first-order valence-corrected chi connectivity index (χ1v) is 5.33. The second-order valence-corrected chi connectivity index (χ2v) is 3.81. The molecule has 14 heavy (non-hydrogen) atoms. The molecule has 0 N–H and O–H groups in total. The molecule has 0 unspecified atom stereocenters. The van der Waals surface area contributed by atoms with Crippen LogP contribution in [0.25, 0.3) is 0 Å². The molecule has 1 aliphatic heterocycles. The molecule has 1 amide bonds. The van der Waals surface area contributed by atoms with Crippen LogP contribution in [0.1, 0.15) is 21.5 Å². The van der Waals surface area contributed by atoms with Crippen molar-refractivity contribution in [3.8, 4) is 6.07 Å². The highest BCUT2D eigenvalue weighted by molar-refractivity contribution is 7.96. The third-order valence-electron chi connectivity index (χ3n) is 2.23. The smallest absolute Gasteiger partial charge is 0.264 e. The van der Waals surface area contributed by atoms with Crippen LogP contribution in [0.3, 0.4) is 0 Å². The molecule has 0 radical (unpaired) electrons. The van der Waals surface area contributed by atoms with E-state index in [1.165, 1.54) is 11.9 Å². The zero-order valence-corrected chi connectivity index (χ0v) is 8.47. The van der Waals surface area contributed by atoms with Gasteiger partial charge in [0.2, 0.25) is 0 Å². The number of hydrogen-bond donors (Lipinski definition) is 0. The van der Waals surface area contributed by atoms with Crippen LogP contribution in [0.4, 0.5) is 0 Å². The van der Waals surface area contributed by atoms with E-state index in [0.717, 1.165) is 11.1 Å². The number of nitrogens with zero attached hydrogens (tertiary/aromatic N) is 2. The average molecular weight is 204 g/mol. The van der Waals surface area contributed by atoms with Crippen molar-refractivity contribution in [1.82, 2.24) is 4.31 Å². The maximum Gasteiger partial charge on any atom is 0.264 e. The Morgan fingerprint density at radius 3 is 3.00 bits per heavy atom. The summed E-state index contributed by atoms with van der Waals surface area (Å²) in [5, 5.41) is 8.70. The van der Waals surface area contributed by atoms with Gasteiger partial charge in [-0.15, -0.1) is 0 Å². The van der Waals surface area contributed by atoms with Crippen molar-refractivity contribution in [1.29, 1.82) is 5.26 Å². The molecule has 0 atom stereocenters. The lowest BCUT2D eigenvalue weighted by Crippen LogP contribution is -2.14. The van der Waals surface area contributed by atoms with Crippen molar-refractivity contribution in [3.63, 3.8) is 0 Å². The van der Waals surface area contributed by atoms with Crippen LogP contribution in [0.15, 0.2) is 18.2 Å². The molecule has 0 saturated heterocycles. The fraction of sp³-hybridized carbons (Fsp3) is 0.200. The van der Waals surface area contributed by atoms with E-state index in [2.05, 4.69) is 6.07 Å². The first-order valence-electron chi connectivity index (χ1n) is 4.15. The topological polar surface area (TPSA) is 44.1 Å². The van der Waals surface area contributed by atoms with Gasteiger partial charge in [-0.1, -0.05) is 11.9 Å².